The van der Waals surface area contributed by atoms with Crippen LogP contribution in [0.25, 0.3) is 5.57 Å². The first-order valence-corrected chi connectivity index (χ1v) is 12.0. The lowest BCUT2D eigenvalue weighted by molar-refractivity contribution is -0.143. The minimum absolute atomic E-state index is 0.132. The molecule has 6 nitrogen and oxygen atoms in total. The van der Waals surface area contributed by atoms with Crippen molar-refractivity contribution in [2.45, 2.75) is 39.2 Å². The van der Waals surface area contributed by atoms with Crippen molar-refractivity contribution in [3.05, 3.63) is 56.8 Å². The van der Waals surface area contributed by atoms with Crippen LogP contribution in [0.2, 0.25) is 0 Å². The quantitative estimate of drug-likeness (QED) is 0.608. The van der Waals surface area contributed by atoms with Crippen molar-refractivity contribution in [3.8, 4) is 5.75 Å². The fourth-order valence-electron chi connectivity index (χ4n) is 4.32. The van der Waals surface area contributed by atoms with Gasteiger partial charge in [0, 0.05) is 41.2 Å². The molecule has 2 aliphatic rings. The van der Waals surface area contributed by atoms with E-state index in [1.165, 1.54) is 28.7 Å². The number of carbonyl (C=O) groups excluding carboxylic acids is 2. The number of benzene rings is 1. The summed E-state index contributed by atoms with van der Waals surface area (Å²) in [6.07, 6.45) is 2.56. The molecule has 3 heterocycles. The Balaban J connectivity index is 1.61. The smallest absolute Gasteiger partial charge is 0.309 e. The third kappa shape index (κ3) is 5.05. The molecule has 4 rings (SSSR count). The lowest BCUT2D eigenvalue weighted by Crippen LogP contribution is -2.33. The molecule has 2 aromatic rings. The Morgan fingerprint density at radius 2 is 1.97 bits per heavy atom. The highest BCUT2D eigenvalue weighted by atomic mass is 32.1. The zero-order chi connectivity index (χ0) is 22.5. The summed E-state index contributed by atoms with van der Waals surface area (Å²) < 4.78 is 16.1. The van der Waals surface area contributed by atoms with Gasteiger partial charge in [-0.1, -0.05) is 11.6 Å². The summed E-state index contributed by atoms with van der Waals surface area (Å²) in [6, 6.07) is 8.13. The van der Waals surface area contributed by atoms with Gasteiger partial charge in [-0.25, -0.2) is 0 Å². The molecule has 0 saturated carbocycles. The Morgan fingerprint density at radius 1 is 1.16 bits per heavy atom. The van der Waals surface area contributed by atoms with Crippen molar-refractivity contribution in [2.75, 3.05) is 33.4 Å². The van der Waals surface area contributed by atoms with E-state index in [0.717, 1.165) is 49.4 Å². The van der Waals surface area contributed by atoms with Crippen molar-refractivity contribution in [3.63, 3.8) is 0 Å². The highest BCUT2D eigenvalue weighted by Gasteiger charge is 2.26. The zero-order valence-corrected chi connectivity index (χ0v) is 19.5. The maximum Gasteiger partial charge on any atom is 0.309 e. The fraction of sp³-hybridized carbons (Fsp3) is 0.440. The monoisotopic (exact) mass is 455 g/mol. The van der Waals surface area contributed by atoms with Crippen molar-refractivity contribution >= 4 is 28.8 Å². The van der Waals surface area contributed by atoms with Crippen LogP contribution >= 0.6 is 11.3 Å². The number of rotatable bonds is 6. The molecule has 0 amide bonds. The predicted octanol–water partition coefficient (Wildman–Crippen LogP) is 4.21. The number of carbonyl (C=O) groups is 2. The molecule has 1 saturated heterocycles. The van der Waals surface area contributed by atoms with Gasteiger partial charge in [0.15, 0.2) is 0 Å². The lowest BCUT2D eigenvalue weighted by atomic mass is 9.89. The summed E-state index contributed by atoms with van der Waals surface area (Å²) in [5.41, 5.74) is 5.84. The van der Waals surface area contributed by atoms with Gasteiger partial charge < -0.3 is 19.1 Å². The second kappa shape index (κ2) is 10.3. The number of piperidine rings is 1. The summed E-state index contributed by atoms with van der Waals surface area (Å²) in [7, 11) is 1.41. The molecule has 1 fully saturated rings. The van der Waals surface area contributed by atoms with Crippen LogP contribution in [0, 0.1) is 0 Å². The average molecular weight is 456 g/mol. The number of hydrogen-bond acceptors (Lipinski definition) is 7. The third-order valence-electron chi connectivity index (χ3n) is 6.00. The number of likely N-dealkylation sites (tertiary alicyclic amines) is 1. The van der Waals surface area contributed by atoms with E-state index in [-0.39, 0.29) is 18.4 Å². The Kier molecular flexibility index (Phi) is 7.27. The first kappa shape index (κ1) is 22.6. The van der Waals surface area contributed by atoms with Crippen LogP contribution in [-0.4, -0.2) is 50.2 Å². The van der Waals surface area contributed by atoms with E-state index < -0.39 is 0 Å². The molecule has 7 heteroatoms. The fourth-order valence-corrected chi connectivity index (χ4v) is 5.34. The maximum atomic E-state index is 11.8. The molecule has 1 aromatic heterocycles. The molecule has 0 spiro atoms. The summed E-state index contributed by atoms with van der Waals surface area (Å²) in [6.45, 7) is 5.37. The largest absolute Gasteiger partial charge is 0.488 e. The van der Waals surface area contributed by atoms with Gasteiger partial charge in [-0.15, -0.1) is 11.3 Å². The molecule has 0 N–H and O–H groups in total. The van der Waals surface area contributed by atoms with Crippen LogP contribution in [0.15, 0.2) is 35.2 Å². The van der Waals surface area contributed by atoms with Gasteiger partial charge in [-0.3, -0.25) is 9.59 Å². The second-order valence-electron chi connectivity index (χ2n) is 8.02. The summed E-state index contributed by atoms with van der Waals surface area (Å²) >= 11 is 1.74. The average Bonchev–Trinajstić information content (AvgIpc) is 3.20. The van der Waals surface area contributed by atoms with Crippen LogP contribution in [0.1, 0.15) is 47.8 Å². The standard InChI is InChI=1S/C25H29NO5S/c1-3-30-22(27)8-12-26-10-6-18(7-11-26)24-20-14-17(15-23(28)29-2)4-5-21(20)31-16-19-9-13-32-25(19)24/h4-5,9,13-14H,3,6-8,10-12,15-16H2,1-2H3. The molecule has 0 unspecified atom stereocenters. The Hall–Kier alpha value is -2.64. The highest BCUT2D eigenvalue weighted by molar-refractivity contribution is 7.11. The van der Waals surface area contributed by atoms with Crippen LogP contribution < -0.4 is 4.74 Å². The Labute approximate surface area is 192 Å². The molecule has 0 radical (unpaired) electrons. The molecule has 0 atom stereocenters. The van der Waals surface area contributed by atoms with E-state index >= 15 is 0 Å². The van der Waals surface area contributed by atoms with Crippen LogP contribution in [0.5, 0.6) is 5.75 Å². The van der Waals surface area contributed by atoms with E-state index in [9.17, 15) is 9.59 Å². The SMILES string of the molecule is CCOC(=O)CCN1CCC(=C2c3cc(CC(=O)OC)ccc3OCc3ccsc32)CC1. The number of hydrogen-bond donors (Lipinski definition) is 0. The van der Waals surface area contributed by atoms with Crippen LogP contribution in [-0.2, 0) is 32.1 Å². The number of methoxy groups -OCH3 is 1. The molecule has 0 aliphatic carbocycles. The Morgan fingerprint density at radius 3 is 2.72 bits per heavy atom. The van der Waals surface area contributed by atoms with Gasteiger partial charge in [0.05, 0.1) is 26.6 Å². The van der Waals surface area contributed by atoms with Gasteiger partial charge in [-0.2, -0.15) is 0 Å². The van der Waals surface area contributed by atoms with E-state index in [1.54, 1.807) is 11.3 Å². The van der Waals surface area contributed by atoms with Crippen molar-refractivity contribution in [2.24, 2.45) is 0 Å². The van der Waals surface area contributed by atoms with E-state index in [4.69, 9.17) is 14.2 Å². The summed E-state index contributed by atoms with van der Waals surface area (Å²) in [5, 5.41) is 2.12. The second-order valence-corrected chi connectivity index (χ2v) is 8.94. The van der Waals surface area contributed by atoms with E-state index in [0.29, 0.717) is 19.6 Å². The van der Waals surface area contributed by atoms with E-state index in [2.05, 4.69) is 22.4 Å². The van der Waals surface area contributed by atoms with Gasteiger partial charge in [0.25, 0.3) is 0 Å². The van der Waals surface area contributed by atoms with Crippen molar-refractivity contribution in [1.82, 2.24) is 4.90 Å². The van der Waals surface area contributed by atoms with Crippen LogP contribution in [0.3, 0.4) is 0 Å². The maximum absolute atomic E-state index is 11.8. The first-order valence-electron chi connectivity index (χ1n) is 11.1. The van der Waals surface area contributed by atoms with Gasteiger partial charge in [-0.05, 0) is 48.9 Å². The zero-order valence-electron chi connectivity index (χ0n) is 18.6. The molecule has 0 bridgehead atoms. The third-order valence-corrected chi connectivity index (χ3v) is 6.97. The van der Waals surface area contributed by atoms with Crippen molar-refractivity contribution < 1.29 is 23.8 Å². The first-order chi connectivity index (χ1) is 15.6. The molecular weight excluding hydrogens is 426 g/mol. The van der Waals surface area contributed by atoms with Gasteiger partial charge in [0.1, 0.15) is 12.4 Å². The van der Waals surface area contributed by atoms with Gasteiger partial charge in [0.2, 0.25) is 0 Å². The molecule has 1 aromatic carbocycles. The van der Waals surface area contributed by atoms with E-state index in [1.807, 2.05) is 19.1 Å². The topological polar surface area (TPSA) is 65.1 Å². The number of esters is 2. The Bertz CT molecular complexity index is 1020. The molecule has 2 aliphatic heterocycles. The normalized spacial score (nSPS) is 15.9. The summed E-state index contributed by atoms with van der Waals surface area (Å²) in [4.78, 5) is 27.1. The molecule has 32 heavy (non-hydrogen) atoms. The highest BCUT2D eigenvalue weighted by Crippen LogP contribution is 2.43. The van der Waals surface area contributed by atoms with Crippen molar-refractivity contribution in [1.29, 1.82) is 0 Å². The predicted molar refractivity (Wildman–Crippen MR) is 124 cm³/mol. The number of nitrogens with zero attached hydrogens (tertiary/aromatic N) is 1. The number of ether oxygens (including phenoxy) is 3. The molecule has 170 valence electrons. The molecular formula is C25H29NO5S. The minimum Gasteiger partial charge on any atom is -0.488 e. The number of fused-ring (bicyclic) bond motifs is 2. The minimum atomic E-state index is -0.250. The van der Waals surface area contributed by atoms with Crippen LogP contribution in [0.4, 0.5) is 0 Å². The van der Waals surface area contributed by atoms with Gasteiger partial charge >= 0.3 is 11.9 Å². The summed E-state index contributed by atoms with van der Waals surface area (Å²) in [5.74, 6) is 0.475. The number of thiophene rings is 1. The lowest BCUT2D eigenvalue weighted by Gasteiger charge is -2.29.